The standard InChI is InChI=1S/C14H16N2O2/c1-2-12(14(15)18)16-9-11(8-13(16)17)10-6-4-3-5-7-10/h3-8,12H,2,9H2,1H3,(H2,15,18). The van der Waals surface area contributed by atoms with E-state index in [0.717, 1.165) is 11.1 Å². The van der Waals surface area contributed by atoms with Gasteiger partial charge in [0.1, 0.15) is 6.04 Å². The zero-order valence-electron chi connectivity index (χ0n) is 10.3. The van der Waals surface area contributed by atoms with E-state index in [1.165, 1.54) is 4.90 Å². The SMILES string of the molecule is CCC(C(N)=O)N1CC(c2ccccc2)=CC1=O. The van der Waals surface area contributed by atoms with Crippen LogP contribution in [0.25, 0.3) is 5.57 Å². The Bertz CT molecular complexity index is 494. The molecule has 2 rings (SSSR count). The second-order valence-electron chi connectivity index (χ2n) is 4.33. The first-order valence-corrected chi connectivity index (χ1v) is 5.99. The summed E-state index contributed by atoms with van der Waals surface area (Å²) >= 11 is 0. The molecule has 0 aromatic heterocycles. The van der Waals surface area contributed by atoms with Crippen molar-refractivity contribution in [3.63, 3.8) is 0 Å². The van der Waals surface area contributed by atoms with Crippen molar-refractivity contribution in [2.45, 2.75) is 19.4 Å². The molecule has 1 unspecified atom stereocenters. The monoisotopic (exact) mass is 244 g/mol. The molecule has 4 heteroatoms. The lowest BCUT2D eigenvalue weighted by molar-refractivity contribution is -0.134. The Labute approximate surface area is 106 Å². The van der Waals surface area contributed by atoms with E-state index < -0.39 is 11.9 Å². The maximum absolute atomic E-state index is 11.9. The van der Waals surface area contributed by atoms with Crippen molar-refractivity contribution in [1.82, 2.24) is 4.90 Å². The van der Waals surface area contributed by atoms with Gasteiger partial charge in [-0.05, 0) is 17.6 Å². The Balaban J connectivity index is 2.19. The maximum atomic E-state index is 11.9. The number of hydrogen-bond donors (Lipinski definition) is 1. The molecule has 94 valence electrons. The van der Waals surface area contributed by atoms with Crippen molar-refractivity contribution in [1.29, 1.82) is 0 Å². The van der Waals surface area contributed by atoms with Crippen LogP contribution in [0, 0.1) is 0 Å². The molecule has 0 radical (unpaired) electrons. The number of rotatable bonds is 4. The van der Waals surface area contributed by atoms with Gasteiger partial charge in [-0.1, -0.05) is 37.3 Å². The van der Waals surface area contributed by atoms with Crippen LogP contribution in [-0.4, -0.2) is 29.3 Å². The van der Waals surface area contributed by atoms with Gasteiger partial charge in [-0.3, -0.25) is 9.59 Å². The molecule has 0 saturated heterocycles. The van der Waals surface area contributed by atoms with Crippen molar-refractivity contribution in [2.24, 2.45) is 5.73 Å². The second-order valence-corrected chi connectivity index (χ2v) is 4.33. The summed E-state index contributed by atoms with van der Waals surface area (Å²) < 4.78 is 0. The summed E-state index contributed by atoms with van der Waals surface area (Å²) in [5, 5.41) is 0. The lowest BCUT2D eigenvalue weighted by atomic mass is 10.1. The van der Waals surface area contributed by atoms with E-state index in [0.29, 0.717) is 13.0 Å². The molecule has 2 N–H and O–H groups in total. The Morgan fingerprint density at radius 2 is 2.06 bits per heavy atom. The highest BCUT2D eigenvalue weighted by Crippen LogP contribution is 2.23. The van der Waals surface area contributed by atoms with Crippen molar-refractivity contribution in [3.05, 3.63) is 42.0 Å². The van der Waals surface area contributed by atoms with E-state index in [2.05, 4.69) is 0 Å². The Hall–Kier alpha value is -2.10. The van der Waals surface area contributed by atoms with Crippen LogP contribution in [0.3, 0.4) is 0 Å². The van der Waals surface area contributed by atoms with Gasteiger partial charge < -0.3 is 10.6 Å². The van der Waals surface area contributed by atoms with Gasteiger partial charge in [-0.15, -0.1) is 0 Å². The van der Waals surface area contributed by atoms with Crippen LogP contribution in [0.1, 0.15) is 18.9 Å². The number of primary amides is 1. The van der Waals surface area contributed by atoms with Crippen molar-refractivity contribution >= 4 is 17.4 Å². The first-order chi connectivity index (χ1) is 8.63. The molecule has 0 fully saturated rings. The predicted octanol–water partition coefficient (Wildman–Crippen LogP) is 1.18. The second kappa shape index (κ2) is 5.04. The van der Waals surface area contributed by atoms with E-state index in [4.69, 9.17) is 5.73 Å². The molecule has 1 aliphatic heterocycles. The zero-order chi connectivity index (χ0) is 13.1. The van der Waals surface area contributed by atoms with Crippen molar-refractivity contribution < 1.29 is 9.59 Å². The summed E-state index contributed by atoms with van der Waals surface area (Å²) in [6.07, 6.45) is 2.12. The minimum absolute atomic E-state index is 0.139. The molecule has 18 heavy (non-hydrogen) atoms. The van der Waals surface area contributed by atoms with E-state index in [1.54, 1.807) is 6.08 Å². The number of nitrogens with zero attached hydrogens (tertiary/aromatic N) is 1. The molecule has 0 spiro atoms. The molecule has 4 nitrogen and oxygen atoms in total. The number of carbonyl (C=O) groups is 2. The quantitative estimate of drug-likeness (QED) is 0.864. The highest BCUT2D eigenvalue weighted by Gasteiger charge is 2.30. The fraction of sp³-hybridized carbons (Fsp3) is 0.286. The van der Waals surface area contributed by atoms with Gasteiger partial charge >= 0.3 is 0 Å². The maximum Gasteiger partial charge on any atom is 0.247 e. The van der Waals surface area contributed by atoms with Crippen LogP contribution >= 0.6 is 0 Å². The third kappa shape index (κ3) is 2.27. The van der Waals surface area contributed by atoms with E-state index in [9.17, 15) is 9.59 Å². The van der Waals surface area contributed by atoms with Gasteiger partial charge in [0.2, 0.25) is 11.8 Å². The van der Waals surface area contributed by atoms with Crippen LogP contribution < -0.4 is 5.73 Å². The van der Waals surface area contributed by atoms with Gasteiger partial charge in [-0.25, -0.2) is 0 Å². The highest BCUT2D eigenvalue weighted by molar-refractivity contribution is 6.02. The molecule has 0 bridgehead atoms. The Kier molecular flexibility index (Phi) is 3.46. The number of hydrogen-bond acceptors (Lipinski definition) is 2. The Morgan fingerprint density at radius 3 is 2.61 bits per heavy atom. The van der Waals surface area contributed by atoms with Crippen LogP contribution in [0.2, 0.25) is 0 Å². The van der Waals surface area contributed by atoms with Crippen LogP contribution in [0.15, 0.2) is 36.4 Å². The molecule has 1 atom stereocenters. The minimum atomic E-state index is -0.519. The topological polar surface area (TPSA) is 63.4 Å². The lowest BCUT2D eigenvalue weighted by Gasteiger charge is -2.24. The fourth-order valence-corrected chi connectivity index (χ4v) is 2.20. The summed E-state index contributed by atoms with van der Waals surface area (Å²) in [6.45, 7) is 2.30. The van der Waals surface area contributed by atoms with Gasteiger partial charge in [0.05, 0.1) is 0 Å². The van der Waals surface area contributed by atoms with Gasteiger partial charge in [0.25, 0.3) is 0 Å². The minimum Gasteiger partial charge on any atom is -0.368 e. The first kappa shape index (κ1) is 12.4. The van der Waals surface area contributed by atoms with Gasteiger partial charge in [-0.2, -0.15) is 0 Å². The van der Waals surface area contributed by atoms with Crippen LogP contribution in [0.4, 0.5) is 0 Å². The summed E-state index contributed by atoms with van der Waals surface area (Å²) in [5.41, 5.74) is 7.26. The van der Waals surface area contributed by atoms with Crippen molar-refractivity contribution in [3.8, 4) is 0 Å². The van der Waals surface area contributed by atoms with Gasteiger partial charge in [0.15, 0.2) is 0 Å². The zero-order valence-corrected chi connectivity index (χ0v) is 10.3. The highest BCUT2D eigenvalue weighted by atomic mass is 16.2. The average Bonchev–Trinajstić information content (AvgIpc) is 2.73. The third-order valence-electron chi connectivity index (χ3n) is 3.16. The summed E-state index contributed by atoms with van der Waals surface area (Å²) in [4.78, 5) is 24.7. The number of nitrogens with two attached hydrogens (primary N) is 1. The van der Waals surface area contributed by atoms with E-state index in [-0.39, 0.29) is 5.91 Å². The molecule has 1 heterocycles. The Morgan fingerprint density at radius 1 is 1.39 bits per heavy atom. The molecule has 1 aromatic rings. The molecule has 2 amide bonds. The number of carbonyl (C=O) groups excluding carboxylic acids is 2. The van der Waals surface area contributed by atoms with Gasteiger partial charge in [0, 0.05) is 12.6 Å². The van der Waals surface area contributed by atoms with Crippen molar-refractivity contribution in [2.75, 3.05) is 6.54 Å². The smallest absolute Gasteiger partial charge is 0.247 e. The third-order valence-corrected chi connectivity index (χ3v) is 3.16. The molecular formula is C14H16N2O2. The molecule has 0 aliphatic carbocycles. The number of benzene rings is 1. The molecule has 0 saturated carbocycles. The van der Waals surface area contributed by atoms with Crippen LogP contribution in [0.5, 0.6) is 0 Å². The normalized spacial score (nSPS) is 16.6. The van der Waals surface area contributed by atoms with Crippen LogP contribution in [-0.2, 0) is 9.59 Å². The van der Waals surface area contributed by atoms with E-state index in [1.807, 2.05) is 37.3 Å². The number of amides is 2. The summed E-state index contributed by atoms with van der Waals surface area (Å²) in [6, 6.07) is 9.16. The first-order valence-electron chi connectivity index (χ1n) is 5.99. The summed E-state index contributed by atoms with van der Waals surface area (Å²) in [7, 11) is 0. The molecule has 1 aliphatic rings. The predicted molar refractivity (Wildman–Crippen MR) is 69.4 cm³/mol. The largest absolute Gasteiger partial charge is 0.368 e. The van der Waals surface area contributed by atoms with E-state index >= 15 is 0 Å². The lowest BCUT2D eigenvalue weighted by Crippen LogP contribution is -2.45. The molecular weight excluding hydrogens is 228 g/mol. The summed E-state index contributed by atoms with van der Waals surface area (Å²) in [5.74, 6) is -0.590. The molecule has 1 aromatic carbocycles. The fourth-order valence-electron chi connectivity index (χ4n) is 2.20. The average molecular weight is 244 g/mol.